The van der Waals surface area contributed by atoms with Gasteiger partial charge in [-0.25, -0.2) is 0 Å². The van der Waals surface area contributed by atoms with Crippen molar-refractivity contribution in [3.63, 3.8) is 0 Å². The minimum absolute atomic E-state index is 0.0600. The average Bonchev–Trinajstić information content (AvgIpc) is 3.08. The van der Waals surface area contributed by atoms with Gasteiger partial charge in [0.15, 0.2) is 16.6 Å². The maximum atomic E-state index is 11.2. The van der Waals surface area contributed by atoms with Crippen molar-refractivity contribution >= 4 is 28.9 Å². The van der Waals surface area contributed by atoms with Gasteiger partial charge >= 0.3 is 0 Å². The number of hydrogen-bond donors (Lipinski definition) is 2. The van der Waals surface area contributed by atoms with Crippen LogP contribution in [0, 0.1) is 0 Å². The fourth-order valence-electron chi connectivity index (χ4n) is 4.01. The van der Waals surface area contributed by atoms with E-state index in [2.05, 4.69) is 32.6 Å². The van der Waals surface area contributed by atoms with Crippen LogP contribution in [0.15, 0.2) is 36.4 Å². The minimum Gasteiger partial charge on any atom is -0.493 e. The molecule has 0 spiro atoms. The highest BCUT2D eigenvalue weighted by atomic mass is 32.1. The van der Waals surface area contributed by atoms with Gasteiger partial charge in [-0.05, 0) is 54.0 Å². The normalized spacial score (nSPS) is 14.2. The van der Waals surface area contributed by atoms with E-state index in [9.17, 15) is 4.79 Å². The second-order valence-corrected chi connectivity index (χ2v) is 8.57. The number of nitrogens with one attached hydrogen (secondary N) is 2. The van der Waals surface area contributed by atoms with Gasteiger partial charge in [-0.1, -0.05) is 12.1 Å². The SMILES string of the molecule is COc1cc(CNC(=S)N2CCCN(Cc3ccc(NC(C)=O)cc3)CC2)cc(OC)c1OC. The second kappa shape index (κ2) is 12.4. The summed E-state index contributed by atoms with van der Waals surface area (Å²) >= 11 is 5.70. The first-order valence-electron chi connectivity index (χ1n) is 11.3. The first-order valence-corrected chi connectivity index (χ1v) is 11.7. The predicted octanol–water partition coefficient (Wildman–Crippen LogP) is 3.25. The zero-order valence-corrected chi connectivity index (χ0v) is 21.2. The summed E-state index contributed by atoms with van der Waals surface area (Å²) < 4.78 is 16.3. The highest BCUT2D eigenvalue weighted by molar-refractivity contribution is 7.80. The third-order valence-electron chi connectivity index (χ3n) is 5.72. The number of carbonyl (C=O) groups is 1. The van der Waals surface area contributed by atoms with Crippen molar-refractivity contribution in [1.82, 2.24) is 15.1 Å². The molecular formula is C25H34N4O4S. The number of carbonyl (C=O) groups excluding carboxylic acids is 1. The van der Waals surface area contributed by atoms with Gasteiger partial charge in [0.1, 0.15) is 0 Å². The molecule has 1 fully saturated rings. The lowest BCUT2D eigenvalue weighted by Gasteiger charge is -2.25. The van der Waals surface area contributed by atoms with E-state index in [1.54, 1.807) is 21.3 Å². The second-order valence-electron chi connectivity index (χ2n) is 8.19. The van der Waals surface area contributed by atoms with E-state index in [1.165, 1.54) is 12.5 Å². The third kappa shape index (κ3) is 6.98. The van der Waals surface area contributed by atoms with Crippen molar-refractivity contribution in [3.8, 4) is 17.2 Å². The molecular weight excluding hydrogens is 452 g/mol. The Morgan fingerprint density at radius 2 is 1.62 bits per heavy atom. The van der Waals surface area contributed by atoms with Gasteiger partial charge in [0, 0.05) is 51.9 Å². The maximum absolute atomic E-state index is 11.2. The summed E-state index contributed by atoms with van der Waals surface area (Å²) in [4.78, 5) is 15.9. The molecule has 1 heterocycles. The van der Waals surface area contributed by atoms with E-state index in [-0.39, 0.29) is 5.91 Å². The lowest BCUT2D eigenvalue weighted by atomic mass is 10.2. The lowest BCUT2D eigenvalue weighted by Crippen LogP contribution is -2.41. The van der Waals surface area contributed by atoms with Gasteiger partial charge in [0.2, 0.25) is 11.7 Å². The van der Waals surface area contributed by atoms with Gasteiger partial charge in [-0.2, -0.15) is 0 Å². The Balaban J connectivity index is 1.52. The molecule has 0 radical (unpaired) electrons. The van der Waals surface area contributed by atoms with Crippen LogP contribution in [0.2, 0.25) is 0 Å². The molecule has 1 saturated heterocycles. The first kappa shape index (κ1) is 25.6. The molecule has 9 heteroatoms. The van der Waals surface area contributed by atoms with Crippen molar-refractivity contribution in [2.24, 2.45) is 0 Å². The number of amides is 1. The standard InChI is InChI=1S/C25H34N4O4S/c1-18(30)27-21-8-6-19(7-9-21)17-28-10-5-11-29(13-12-28)25(34)26-16-20-14-22(31-2)24(33-4)23(15-20)32-3/h6-9,14-15H,5,10-13,16-17H2,1-4H3,(H,26,34)(H,27,30). The highest BCUT2D eigenvalue weighted by Gasteiger charge is 2.18. The van der Waals surface area contributed by atoms with Crippen molar-refractivity contribution in [2.75, 3.05) is 52.8 Å². The lowest BCUT2D eigenvalue weighted by molar-refractivity contribution is -0.114. The molecule has 34 heavy (non-hydrogen) atoms. The molecule has 0 aliphatic carbocycles. The van der Waals surface area contributed by atoms with Crippen molar-refractivity contribution in [2.45, 2.75) is 26.4 Å². The Kier molecular flexibility index (Phi) is 9.35. The molecule has 184 valence electrons. The van der Waals surface area contributed by atoms with Gasteiger partial charge in [-0.15, -0.1) is 0 Å². The smallest absolute Gasteiger partial charge is 0.221 e. The van der Waals surface area contributed by atoms with Gasteiger partial charge < -0.3 is 29.7 Å². The van der Waals surface area contributed by atoms with Crippen LogP contribution in [0.25, 0.3) is 0 Å². The molecule has 0 unspecified atom stereocenters. The van der Waals surface area contributed by atoms with Crippen LogP contribution in [0.3, 0.4) is 0 Å². The quantitative estimate of drug-likeness (QED) is 0.551. The number of benzene rings is 2. The fourth-order valence-corrected chi connectivity index (χ4v) is 4.27. The number of methoxy groups -OCH3 is 3. The highest BCUT2D eigenvalue weighted by Crippen LogP contribution is 2.38. The Bertz CT molecular complexity index is 958. The van der Waals surface area contributed by atoms with Crippen LogP contribution in [-0.4, -0.2) is 68.3 Å². The number of rotatable bonds is 8. The zero-order chi connectivity index (χ0) is 24.5. The third-order valence-corrected chi connectivity index (χ3v) is 6.13. The van der Waals surface area contributed by atoms with Crippen LogP contribution in [0.4, 0.5) is 5.69 Å². The van der Waals surface area contributed by atoms with Crippen LogP contribution in [0.5, 0.6) is 17.2 Å². The molecule has 8 nitrogen and oxygen atoms in total. The monoisotopic (exact) mass is 486 g/mol. The van der Waals surface area contributed by atoms with E-state index < -0.39 is 0 Å². The van der Waals surface area contributed by atoms with Crippen molar-refractivity contribution in [3.05, 3.63) is 47.5 Å². The minimum atomic E-state index is -0.0600. The molecule has 1 amide bonds. The number of ether oxygens (including phenoxy) is 3. The van der Waals surface area contributed by atoms with E-state index >= 15 is 0 Å². The van der Waals surface area contributed by atoms with Crippen molar-refractivity contribution < 1.29 is 19.0 Å². The van der Waals surface area contributed by atoms with E-state index in [0.717, 1.165) is 55.5 Å². The summed E-state index contributed by atoms with van der Waals surface area (Å²) in [6.07, 6.45) is 1.04. The molecule has 0 aromatic heterocycles. The van der Waals surface area contributed by atoms with Gasteiger partial charge in [-0.3, -0.25) is 9.69 Å². The number of hydrogen-bond acceptors (Lipinski definition) is 6. The van der Waals surface area contributed by atoms with E-state index in [4.69, 9.17) is 26.4 Å². The largest absolute Gasteiger partial charge is 0.493 e. The molecule has 2 aromatic rings. The molecule has 2 N–H and O–H groups in total. The average molecular weight is 487 g/mol. The number of nitrogens with zero attached hydrogens (tertiary/aromatic N) is 2. The van der Waals surface area contributed by atoms with Crippen LogP contribution in [0.1, 0.15) is 24.5 Å². The van der Waals surface area contributed by atoms with Crippen molar-refractivity contribution in [1.29, 1.82) is 0 Å². The summed E-state index contributed by atoms with van der Waals surface area (Å²) in [5.41, 5.74) is 3.04. The Labute approximate surface area is 207 Å². The summed E-state index contributed by atoms with van der Waals surface area (Å²) in [5.74, 6) is 1.77. The zero-order valence-electron chi connectivity index (χ0n) is 20.3. The molecule has 0 bridgehead atoms. The first-order chi connectivity index (χ1) is 16.4. The van der Waals surface area contributed by atoms with Crippen LogP contribution < -0.4 is 24.8 Å². The van der Waals surface area contributed by atoms with Gasteiger partial charge in [0.25, 0.3) is 0 Å². The molecule has 3 rings (SSSR count). The summed E-state index contributed by atoms with van der Waals surface area (Å²) in [6.45, 7) is 6.68. The Morgan fingerprint density at radius 3 is 2.21 bits per heavy atom. The molecule has 0 atom stereocenters. The fraction of sp³-hybridized carbons (Fsp3) is 0.440. The molecule has 1 aliphatic heterocycles. The maximum Gasteiger partial charge on any atom is 0.221 e. The molecule has 2 aromatic carbocycles. The van der Waals surface area contributed by atoms with Crippen LogP contribution >= 0.6 is 12.2 Å². The topological polar surface area (TPSA) is 75.3 Å². The Morgan fingerprint density at radius 1 is 0.941 bits per heavy atom. The van der Waals surface area contributed by atoms with E-state index in [1.807, 2.05) is 24.3 Å². The predicted molar refractivity (Wildman–Crippen MR) is 138 cm³/mol. The Hall–Kier alpha value is -3.04. The van der Waals surface area contributed by atoms with Crippen LogP contribution in [-0.2, 0) is 17.9 Å². The molecule has 0 saturated carbocycles. The van der Waals surface area contributed by atoms with Gasteiger partial charge in [0.05, 0.1) is 21.3 Å². The van der Waals surface area contributed by atoms with E-state index in [0.29, 0.717) is 23.8 Å². The summed E-state index contributed by atoms with van der Waals surface area (Å²) in [5, 5.41) is 6.93. The number of thiocarbonyl (C=S) groups is 1. The number of anilines is 1. The summed E-state index contributed by atoms with van der Waals surface area (Å²) in [6, 6.07) is 11.9. The molecule has 1 aliphatic rings. The summed E-state index contributed by atoms with van der Waals surface area (Å²) in [7, 11) is 4.82.